The highest BCUT2D eigenvalue weighted by atomic mass is 32.2. The quantitative estimate of drug-likeness (QED) is 0.530. The summed E-state index contributed by atoms with van der Waals surface area (Å²) in [4.78, 5) is 28.7. The van der Waals surface area contributed by atoms with Crippen LogP contribution in [0, 0.1) is 0 Å². The fraction of sp³-hybridized carbons (Fsp3) is 0.440. The van der Waals surface area contributed by atoms with Crippen molar-refractivity contribution in [1.82, 2.24) is 4.90 Å². The monoisotopic (exact) mass is 472 g/mol. The van der Waals surface area contributed by atoms with Gasteiger partial charge in [-0.05, 0) is 51.3 Å². The first kappa shape index (κ1) is 24.8. The maximum Gasteiger partial charge on any atom is 0.415 e. The van der Waals surface area contributed by atoms with Gasteiger partial charge in [-0.1, -0.05) is 30.3 Å². The molecular formula is C25H32N2O5S. The molecule has 1 atom stereocenters. The molecule has 2 aromatic rings. The van der Waals surface area contributed by atoms with Crippen molar-refractivity contribution in [3.63, 3.8) is 0 Å². The first-order valence-electron chi connectivity index (χ1n) is 11.0. The van der Waals surface area contributed by atoms with Gasteiger partial charge in [0.1, 0.15) is 11.4 Å². The van der Waals surface area contributed by atoms with Crippen molar-refractivity contribution in [2.24, 2.45) is 0 Å². The lowest BCUT2D eigenvalue weighted by Gasteiger charge is -2.39. The van der Waals surface area contributed by atoms with Crippen LogP contribution in [0.3, 0.4) is 0 Å². The third kappa shape index (κ3) is 6.81. The summed E-state index contributed by atoms with van der Waals surface area (Å²) in [7, 11) is 1.61. The fourth-order valence-electron chi connectivity index (χ4n) is 3.78. The highest BCUT2D eigenvalue weighted by molar-refractivity contribution is 7.98. The predicted molar refractivity (Wildman–Crippen MR) is 130 cm³/mol. The van der Waals surface area contributed by atoms with Crippen molar-refractivity contribution >= 4 is 29.6 Å². The highest BCUT2D eigenvalue weighted by Gasteiger charge is 2.34. The van der Waals surface area contributed by atoms with E-state index in [4.69, 9.17) is 9.47 Å². The van der Waals surface area contributed by atoms with Crippen LogP contribution in [0.5, 0.6) is 5.75 Å². The first-order chi connectivity index (χ1) is 15.7. The number of methoxy groups -OCH3 is 1. The second-order valence-electron chi connectivity index (χ2n) is 8.98. The molecule has 2 aromatic carbocycles. The second-order valence-corrected chi connectivity index (χ2v) is 10.0. The number of nitrogens with zero attached hydrogens (tertiary/aromatic N) is 2. The van der Waals surface area contributed by atoms with E-state index in [0.717, 1.165) is 10.6 Å². The maximum absolute atomic E-state index is 13.2. The lowest BCUT2D eigenvalue weighted by atomic mass is 10.0. The molecule has 0 aromatic heterocycles. The summed E-state index contributed by atoms with van der Waals surface area (Å²) in [5.41, 5.74) is 1.16. The van der Waals surface area contributed by atoms with E-state index in [-0.39, 0.29) is 12.6 Å². The number of benzene rings is 2. The van der Waals surface area contributed by atoms with Gasteiger partial charge in [0.05, 0.1) is 18.8 Å². The van der Waals surface area contributed by atoms with Gasteiger partial charge in [-0.2, -0.15) is 0 Å². The summed E-state index contributed by atoms with van der Waals surface area (Å²) in [5, 5.41) is 9.47. The molecule has 0 spiro atoms. The summed E-state index contributed by atoms with van der Waals surface area (Å²) >= 11 is 1.66. The molecule has 0 radical (unpaired) electrons. The summed E-state index contributed by atoms with van der Waals surface area (Å²) in [6, 6.07) is 15.5. The van der Waals surface area contributed by atoms with Crippen LogP contribution < -0.4 is 9.64 Å². The number of thioether (sulfide) groups is 1. The normalized spacial score (nSPS) is 16.2. The lowest BCUT2D eigenvalue weighted by Crippen LogP contribution is -2.52. The van der Waals surface area contributed by atoms with E-state index in [0.29, 0.717) is 30.8 Å². The third-order valence-corrected chi connectivity index (χ3v) is 6.41. The van der Waals surface area contributed by atoms with Gasteiger partial charge in [-0.3, -0.25) is 4.90 Å². The lowest BCUT2D eigenvalue weighted by molar-refractivity contribution is 0.0541. The van der Waals surface area contributed by atoms with Gasteiger partial charge in [0.15, 0.2) is 0 Å². The molecule has 1 aliphatic rings. The number of hydrogen-bond acceptors (Lipinski definition) is 5. The minimum Gasteiger partial charge on any atom is -0.496 e. The number of likely N-dealkylation sites (tertiary alicyclic amines) is 1. The number of piperidine rings is 1. The second kappa shape index (κ2) is 10.8. The Morgan fingerprint density at radius 1 is 1.18 bits per heavy atom. The molecule has 0 unspecified atom stereocenters. The number of carbonyl (C=O) groups excluding carboxylic acids is 1. The molecule has 8 heteroatoms. The molecule has 3 rings (SSSR count). The molecule has 1 N–H and O–H groups in total. The van der Waals surface area contributed by atoms with Gasteiger partial charge in [-0.25, -0.2) is 9.59 Å². The fourth-order valence-corrected chi connectivity index (χ4v) is 4.74. The Bertz CT molecular complexity index is 961. The number of carbonyl (C=O) groups is 2. The topological polar surface area (TPSA) is 79.3 Å². The van der Waals surface area contributed by atoms with Gasteiger partial charge in [0.2, 0.25) is 0 Å². The van der Waals surface area contributed by atoms with E-state index >= 15 is 0 Å². The largest absolute Gasteiger partial charge is 0.496 e. The number of rotatable bonds is 6. The number of carboxylic acid groups (broad SMARTS) is 1. The Morgan fingerprint density at radius 2 is 1.91 bits per heavy atom. The molecule has 7 nitrogen and oxygen atoms in total. The number of anilines is 1. The van der Waals surface area contributed by atoms with E-state index < -0.39 is 17.8 Å². The van der Waals surface area contributed by atoms with E-state index in [1.165, 1.54) is 10.5 Å². The van der Waals surface area contributed by atoms with E-state index in [1.807, 2.05) is 57.2 Å². The maximum atomic E-state index is 13.2. The predicted octanol–water partition coefficient (Wildman–Crippen LogP) is 5.87. The Morgan fingerprint density at radius 3 is 2.55 bits per heavy atom. The molecule has 1 aliphatic heterocycles. The zero-order chi connectivity index (χ0) is 24.0. The van der Waals surface area contributed by atoms with Gasteiger partial charge < -0.3 is 19.5 Å². The van der Waals surface area contributed by atoms with Crippen LogP contribution in [0.25, 0.3) is 0 Å². The molecule has 33 heavy (non-hydrogen) atoms. The molecular weight excluding hydrogens is 440 g/mol. The Balaban J connectivity index is 1.88. The van der Waals surface area contributed by atoms with Crippen LogP contribution in [0.1, 0.15) is 39.2 Å². The van der Waals surface area contributed by atoms with Crippen molar-refractivity contribution in [2.75, 3.05) is 25.1 Å². The minimum atomic E-state index is -0.978. The molecule has 0 aliphatic carbocycles. The zero-order valence-electron chi connectivity index (χ0n) is 19.6. The molecule has 178 valence electrons. The van der Waals surface area contributed by atoms with Crippen LogP contribution in [0.2, 0.25) is 0 Å². The van der Waals surface area contributed by atoms with Crippen LogP contribution in [0.4, 0.5) is 15.3 Å². The van der Waals surface area contributed by atoms with E-state index in [2.05, 4.69) is 12.1 Å². The van der Waals surface area contributed by atoms with Crippen LogP contribution in [0.15, 0.2) is 53.4 Å². The van der Waals surface area contributed by atoms with E-state index in [1.54, 1.807) is 23.8 Å². The summed E-state index contributed by atoms with van der Waals surface area (Å²) in [5.74, 6) is 1.45. The van der Waals surface area contributed by atoms with Gasteiger partial charge in [0, 0.05) is 29.8 Å². The van der Waals surface area contributed by atoms with Gasteiger partial charge in [-0.15, -0.1) is 11.8 Å². The Labute approximate surface area is 199 Å². The Hall–Kier alpha value is -2.87. The molecule has 0 saturated carbocycles. The van der Waals surface area contributed by atoms with Gasteiger partial charge >= 0.3 is 12.2 Å². The average Bonchev–Trinajstić information content (AvgIpc) is 2.78. The standard InChI is InChI=1S/C25H32N2O5S/c1-25(2,3)32-24(30)27(20-11-8-14-26(16-20)23(28)29)19-12-13-22(21(15-19)31-4)33-17-18-9-6-5-7-10-18/h5-7,9-10,12-13,15,20H,8,11,14,16-17H2,1-4H3,(H,28,29)/t20-/m1/s1. The van der Waals surface area contributed by atoms with Crippen molar-refractivity contribution in [1.29, 1.82) is 0 Å². The summed E-state index contributed by atoms with van der Waals surface area (Å²) in [6.45, 7) is 6.15. The molecule has 0 bridgehead atoms. The van der Waals surface area contributed by atoms with Crippen LogP contribution in [-0.4, -0.2) is 54.0 Å². The summed E-state index contributed by atoms with van der Waals surface area (Å²) in [6.07, 6.45) is -0.102. The van der Waals surface area contributed by atoms with Crippen molar-refractivity contribution < 1.29 is 24.2 Å². The Kier molecular flexibility index (Phi) is 8.13. The highest BCUT2D eigenvalue weighted by Crippen LogP contribution is 2.36. The molecule has 1 fully saturated rings. The molecule has 1 saturated heterocycles. The van der Waals surface area contributed by atoms with Crippen LogP contribution in [-0.2, 0) is 10.5 Å². The summed E-state index contributed by atoms with van der Waals surface area (Å²) < 4.78 is 11.3. The van der Waals surface area contributed by atoms with Gasteiger partial charge in [0.25, 0.3) is 0 Å². The number of amides is 2. The van der Waals surface area contributed by atoms with E-state index in [9.17, 15) is 14.7 Å². The number of ether oxygens (including phenoxy) is 2. The smallest absolute Gasteiger partial charge is 0.415 e. The van der Waals surface area contributed by atoms with Crippen molar-refractivity contribution in [3.05, 3.63) is 54.1 Å². The third-order valence-electron chi connectivity index (χ3n) is 5.28. The number of hydrogen-bond donors (Lipinski definition) is 1. The van der Waals surface area contributed by atoms with Crippen molar-refractivity contribution in [3.8, 4) is 5.75 Å². The zero-order valence-corrected chi connectivity index (χ0v) is 20.4. The average molecular weight is 473 g/mol. The SMILES string of the molecule is COc1cc(N(C(=O)OC(C)(C)C)[C@@H]2CCCN(C(=O)O)C2)ccc1SCc1ccccc1. The molecule has 2 amide bonds. The molecule has 1 heterocycles. The van der Waals surface area contributed by atoms with Crippen LogP contribution >= 0.6 is 11.8 Å². The van der Waals surface area contributed by atoms with Crippen molar-refractivity contribution in [2.45, 2.75) is 55.9 Å². The first-order valence-corrected chi connectivity index (χ1v) is 12.0. The minimum absolute atomic E-state index is 0.238.